The molecule has 7 nitrogen and oxygen atoms in total. The molecule has 2 aromatic heterocycles. The lowest BCUT2D eigenvalue weighted by Crippen LogP contribution is -2.68. The number of methoxy groups -OCH3 is 1. The molecule has 5 atom stereocenters. The van der Waals surface area contributed by atoms with Gasteiger partial charge in [0.15, 0.2) is 11.9 Å². The summed E-state index contributed by atoms with van der Waals surface area (Å²) in [6, 6.07) is 52.9. The zero-order valence-corrected chi connectivity index (χ0v) is 35.9. The third-order valence-electron chi connectivity index (χ3n) is 13.3. The van der Waals surface area contributed by atoms with Gasteiger partial charge in [-0.1, -0.05) is 139 Å². The third kappa shape index (κ3) is 7.73. The number of hydrogen-bond acceptors (Lipinski definition) is 6. The Balaban J connectivity index is 1.18. The normalized spacial score (nSPS) is 19.7. The van der Waals surface area contributed by atoms with Crippen molar-refractivity contribution >= 4 is 22.5 Å². The number of hydrogen-bond donors (Lipinski definition) is 1. The molecular weight excluding hydrogens is 800 g/mol. The van der Waals surface area contributed by atoms with Crippen LogP contribution in [-0.2, 0) is 6.54 Å². The van der Waals surface area contributed by atoms with Gasteiger partial charge in [-0.3, -0.25) is 4.98 Å². The van der Waals surface area contributed by atoms with Gasteiger partial charge in [0.2, 0.25) is 5.88 Å². The van der Waals surface area contributed by atoms with E-state index in [1.807, 2.05) is 91.1 Å². The molecule has 0 saturated carbocycles. The number of quaternary nitrogens is 1. The number of nitrogens with zero attached hydrogens (tertiary/aromatic N) is 4. The Hall–Kier alpha value is -6.80. The van der Waals surface area contributed by atoms with Gasteiger partial charge >= 0.3 is 0 Å². The molecule has 1 N–H and O–H groups in total. The van der Waals surface area contributed by atoms with Gasteiger partial charge in [0.1, 0.15) is 29.2 Å². The maximum atomic E-state index is 11.0. The van der Waals surface area contributed by atoms with Gasteiger partial charge in [0, 0.05) is 58.2 Å². The fourth-order valence-corrected chi connectivity index (χ4v) is 10.6. The Morgan fingerprint density at radius 3 is 2.02 bits per heavy atom. The van der Waals surface area contributed by atoms with Gasteiger partial charge in [-0.05, 0) is 59.0 Å². The van der Waals surface area contributed by atoms with Crippen LogP contribution in [0.1, 0.15) is 30.1 Å². The number of ether oxygens (including phenoxy) is 2. The zero-order chi connectivity index (χ0) is 42.9. The SMILES string of the molecule is C=CC1C[N+]2(Cc3cc(-c4ccccc4)c(OC)c(-c4ccccc4)c3)CCC1CC2[C@@H](Oc1nc(-c2ccccc2)nc(Cl)c1-c1ccccc1)c1ccnc2ccc(O)cc12. The van der Waals surface area contributed by atoms with Crippen molar-refractivity contribution < 1.29 is 19.1 Å². The largest absolute Gasteiger partial charge is 0.508 e. The molecule has 5 heterocycles. The molecule has 8 heteroatoms. The van der Waals surface area contributed by atoms with Gasteiger partial charge in [0.25, 0.3) is 0 Å². The monoisotopic (exact) mass is 847 g/mol. The van der Waals surface area contributed by atoms with Crippen LogP contribution in [-0.4, -0.2) is 50.8 Å². The minimum Gasteiger partial charge on any atom is -0.508 e. The van der Waals surface area contributed by atoms with Crippen molar-refractivity contribution in [2.45, 2.75) is 31.5 Å². The topological polar surface area (TPSA) is 77.4 Å². The molecule has 0 amide bonds. The van der Waals surface area contributed by atoms with Crippen molar-refractivity contribution in [1.82, 2.24) is 15.0 Å². The molecular formula is C55H48ClN4O3+. The van der Waals surface area contributed by atoms with Crippen LogP contribution in [0.15, 0.2) is 177 Å². The molecule has 8 aromatic rings. The highest BCUT2D eigenvalue weighted by atomic mass is 35.5. The van der Waals surface area contributed by atoms with Crippen LogP contribution >= 0.6 is 11.6 Å². The van der Waals surface area contributed by atoms with E-state index in [9.17, 15) is 5.11 Å². The van der Waals surface area contributed by atoms with Gasteiger partial charge in [0.05, 0.1) is 31.3 Å². The molecule has 3 aliphatic heterocycles. The van der Waals surface area contributed by atoms with Crippen LogP contribution in [0.25, 0.3) is 55.7 Å². The number of halogens is 1. The van der Waals surface area contributed by atoms with Crippen molar-refractivity contribution in [2.75, 3.05) is 20.2 Å². The number of benzene rings is 6. The van der Waals surface area contributed by atoms with Crippen molar-refractivity contribution in [1.29, 1.82) is 0 Å². The van der Waals surface area contributed by atoms with Gasteiger partial charge < -0.3 is 19.1 Å². The number of rotatable bonds is 12. The molecule has 0 aliphatic carbocycles. The molecule has 63 heavy (non-hydrogen) atoms. The van der Waals surface area contributed by atoms with Crippen LogP contribution < -0.4 is 9.47 Å². The highest BCUT2D eigenvalue weighted by Crippen LogP contribution is 2.51. The first-order valence-corrected chi connectivity index (χ1v) is 22.0. The summed E-state index contributed by atoms with van der Waals surface area (Å²) in [5.41, 5.74) is 9.53. The summed E-state index contributed by atoms with van der Waals surface area (Å²) in [5.74, 6) is 2.64. The number of phenolic OH excluding ortho intramolecular Hbond substituents is 1. The Labute approximate surface area is 373 Å². The Bertz CT molecular complexity index is 2850. The highest BCUT2D eigenvalue weighted by Gasteiger charge is 2.55. The Morgan fingerprint density at radius 1 is 0.778 bits per heavy atom. The molecule has 0 radical (unpaired) electrons. The first kappa shape index (κ1) is 40.3. The van der Waals surface area contributed by atoms with Crippen LogP contribution in [0.4, 0.5) is 0 Å². The zero-order valence-electron chi connectivity index (χ0n) is 35.1. The van der Waals surface area contributed by atoms with E-state index in [1.54, 1.807) is 13.2 Å². The second-order valence-corrected chi connectivity index (χ2v) is 17.2. The first-order valence-electron chi connectivity index (χ1n) is 21.6. The number of aromatic hydroxyl groups is 1. The van der Waals surface area contributed by atoms with Crippen LogP contribution in [0, 0.1) is 11.8 Å². The fourth-order valence-electron chi connectivity index (χ4n) is 10.3. The number of piperidine rings is 3. The maximum Gasteiger partial charge on any atom is 0.227 e. The fraction of sp³-hybridized carbons (Fsp3) is 0.182. The van der Waals surface area contributed by atoms with Crippen LogP contribution in [0.2, 0.25) is 5.15 Å². The van der Waals surface area contributed by atoms with E-state index in [0.29, 0.717) is 34.3 Å². The van der Waals surface area contributed by atoms with Crippen LogP contribution in [0.3, 0.4) is 0 Å². The van der Waals surface area contributed by atoms with E-state index in [-0.39, 0.29) is 11.8 Å². The summed E-state index contributed by atoms with van der Waals surface area (Å²) in [6.07, 6.45) is 5.44. The van der Waals surface area contributed by atoms with Gasteiger partial charge in [-0.25, -0.2) is 4.98 Å². The summed E-state index contributed by atoms with van der Waals surface area (Å²) in [6.45, 7) is 6.97. The third-order valence-corrected chi connectivity index (χ3v) is 13.5. The average molecular weight is 848 g/mol. The lowest BCUT2D eigenvalue weighted by molar-refractivity contribution is -0.984. The second-order valence-electron chi connectivity index (χ2n) is 16.9. The summed E-state index contributed by atoms with van der Waals surface area (Å²) in [5, 5.41) is 12.1. The maximum absolute atomic E-state index is 11.0. The number of phenols is 1. The summed E-state index contributed by atoms with van der Waals surface area (Å²) in [7, 11) is 1.76. The van der Waals surface area contributed by atoms with E-state index in [1.165, 1.54) is 5.56 Å². The number of pyridine rings is 1. The van der Waals surface area contributed by atoms with Crippen molar-refractivity contribution in [2.24, 2.45) is 11.8 Å². The molecule has 3 fully saturated rings. The second kappa shape index (κ2) is 17.2. The van der Waals surface area contributed by atoms with Crippen molar-refractivity contribution in [3.8, 4) is 62.1 Å². The lowest BCUT2D eigenvalue weighted by Gasteiger charge is -2.58. The number of fused-ring (bicyclic) bond motifs is 4. The molecule has 4 unspecified atom stereocenters. The summed E-state index contributed by atoms with van der Waals surface area (Å²) >= 11 is 7.24. The molecule has 312 valence electrons. The van der Waals surface area contributed by atoms with E-state index in [4.69, 9.17) is 36.0 Å². The van der Waals surface area contributed by atoms with E-state index < -0.39 is 6.10 Å². The van der Waals surface area contributed by atoms with E-state index in [0.717, 1.165) is 92.6 Å². The predicted octanol–water partition coefficient (Wildman–Crippen LogP) is 12.8. The van der Waals surface area contributed by atoms with Crippen molar-refractivity contribution in [3.05, 3.63) is 193 Å². The predicted molar refractivity (Wildman–Crippen MR) is 252 cm³/mol. The smallest absolute Gasteiger partial charge is 0.227 e. The minimum absolute atomic E-state index is 0.0482. The molecule has 3 aliphatic rings. The lowest BCUT2D eigenvalue weighted by atomic mass is 9.71. The quantitative estimate of drug-likeness (QED) is 0.0750. The first-order chi connectivity index (χ1) is 30.9. The Morgan fingerprint density at radius 2 is 1.40 bits per heavy atom. The average Bonchev–Trinajstić information content (AvgIpc) is 3.33. The Kier molecular flexibility index (Phi) is 11.0. The number of aromatic nitrogens is 3. The molecule has 6 aromatic carbocycles. The van der Waals surface area contributed by atoms with Crippen molar-refractivity contribution in [3.63, 3.8) is 0 Å². The summed E-state index contributed by atoms with van der Waals surface area (Å²) in [4.78, 5) is 14.8. The molecule has 0 spiro atoms. The molecule has 11 rings (SSSR count). The highest BCUT2D eigenvalue weighted by molar-refractivity contribution is 6.32. The van der Waals surface area contributed by atoms with E-state index in [2.05, 4.69) is 79.4 Å². The van der Waals surface area contributed by atoms with Gasteiger partial charge in [-0.2, -0.15) is 4.98 Å². The van der Waals surface area contributed by atoms with Gasteiger partial charge in [-0.15, -0.1) is 6.58 Å². The standard InChI is InChI=1S/C55H47ClN4O3/c1-3-37-35-60(34-36-30-45(38-16-8-4-9-17-38)51(62-2)46(31-36)39-18-10-5-11-19-39)29-27-42(37)32-49(60)52(44-26-28-57-48-25-24-43(61)33-47(44)48)63-55-50(40-20-12-6-13-21-40)53(56)58-54(59-55)41-22-14-7-15-23-41/h3-26,28,30-31,33,37,42,49,52H,1,27,29,32,34-35H2,2H3/p+1/t37?,42?,49?,52-,60?/m0/s1. The minimum atomic E-state index is -0.539. The summed E-state index contributed by atoms with van der Waals surface area (Å²) < 4.78 is 14.6. The molecule has 3 saturated heterocycles. The van der Waals surface area contributed by atoms with Crippen LogP contribution in [0.5, 0.6) is 17.4 Å². The molecule has 2 bridgehead atoms. The van der Waals surface area contributed by atoms with E-state index >= 15 is 0 Å².